The molecule has 0 fully saturated rings. The molecule has 0 spiro atoms. The Hall–Kier alpha value is -2.43. The number of pyridine rings is 1. The van der Waals surface area contributed by atoms with Gasteiger partial charge in [-0.25, -0.2) is 4.39 Å². The van der Waals surface area contributed by atoms with E-state index in [9.17, 15) is 14.0 Å². The number of carbonyl (C=O) groups excluding carboxylic acids is 1. The van der Waals surface area contributed by atoms with Gasteiger partial charge in [-0.2, -0.15) is 0 Å². The van der Waals surface area contributed by atoms with E-state index in [1.807, 2.05) is 0 Å². The summed E-state index contributed by atoms with van der Waals surface area (Å²) >= 11 is 0. The molecule has 0 aliphatic carbocycles. The SMILES string of the molecule is O=C(Cn1ccccc1=O)NCCc1ccccc1F. The molecule has 1 heterocycles. The van der Waals surface area contributed by atoms with Crippen LogP contribution in [0, 0.1) is 5.82 Å². The molecule has 0 aliphatic heterocycles. The summed E-state index contributed by atoms with van der Waals surface area (Å²) in [6.45, 7) is 0.304. The molecule has 0 saturated heterocycles. The second kappa shape index (κ2) is 6.65. The highest BCUT2D eigenvalue weighted by Gasteiger charge is 2.04. The van der Waals surface area contributed by atoms with Crippen molar-refractivity contribution in [3.05, 3.63) is 70.4 Å². The number of nitrogens with one attached hydrogen (secondary N) is 1. The van der Waals surface area contributed by atoms with Gasteiger partial charge in [-0.05, 0) is 24.1 Å². The Labute approximate surface area is 115 Å². The number of rotatable bonds is 5. The van der Waals surface area contributed by atoms with Crippen molar-refractivity contribution < 1.29 is 9.18 Å². The Morgan fingerprint density at radius 3 is 2.65 bits per heavy atom. The minimum atomic E-state index is -0.277. The van der Waals surface area contributed by atoms with Crippen molar-refractivity contribution in [3.8, 4) is 0 Å². The van der Waals surface area contributed by atoms with Crippen LogP contribution in [0.3, 0.4) is 0 Å². The summed E-state index contributed by atoms with van der Waals surface area (Å²) in [5.74, 6) is -0.546. The fraction of sp³-hybridized carbons (Fsp3) is 0.200. The van der Waals surface area contributed by atoms with E-state index in [-0.39, 0.29) is 23.8 Å². The van der Waals surface area contributed by atoms with Gasteiger partial charge in [0, 0.05) is 18.8 Å². The minimum Gasteiger partial charge on any atom is -0.354 e. The first-order valence-corrected chi connectivity index (χ1v) is 6.32. The molecule has 5 heteroatoms. The molecule has 0 unspecified atom stereocenters. The van der Waals surface area contributed by atoms with Crippen molar-refractivity contribution in [2.75, 3.05) is 6.54 Å². The van der Waals surface area contributed by atoms with Crippen LogP contribution in [0.1, 0.15) is 5.56 Å². The quantitative estimate of drug-likeness (QED) is 0.894. The molecule has 2 aromatic rings. The predicted molar refractivity (Wildman–Crippen MR) is 73.8 cm³/mol. The first kappa shape index (κ1) is 14.0. The summed E-state index contributed by atoms with van der Waals surface area (Å²) in [5.41, 5.74) is 0.335. The van der Waals surface area contributed by atoms with E-state index in [0.29, 0.717) is 18.5 Å². The third-order valence-electron chi connectivity index (χ3n) is 2.89. The van der Waals surface area contributed by atoms with Crippen molar-refractivity contribution >= 4 is 5.91 Å². The van der Waals surface area contributed by atoms with Crippen LogP contribution in [0.4, 0.5) is 4.39 Å². The van der Waals surface area contributed by atoms with Gasteiger partial charge in [0.2, 0.25) is 5.91 Å². The number of aromatic nitrogens is 1. The molecule has 104 valence electrons. The number of amides is 1. The Morgan fingerprint density at radius 1 is 1.15 bits per heavy atom. The van der Waals surface area contributed by atoms with E-state index >= 15 is 0 Å². The van der Waals surface area contributed by atoms with Crippen LogP contribution in [0.15, 0.2) is 53.5 Å². The maximum Gasteiger partial charge on any atom is 0.250 e. The molecular formula is C15H15FN2O2. The molecule has 2 rings (SSSR count). The number of hydrogen-bond acceptors (Lipinski definition) is 2. The van der Waals surface area contributed by atoms with E-state index in [2.05, 4.69) is 5.32 Å². The smallest absolute Gasteiger partial charge is 0.250 e. The number of nitrogens with zero attached hydrogens (tertiary/aromatic N) is 1. The number of benzene rings is 1. The highest BCUT2D eigenvalue weighted by molar-refractivity contribution is 5.75. The molecule has 0 radical (unpaired) electrons. The van der Waals surface area contributed by atoms with E-state index in [0.717, 1.165) is 0 Å². The summed E-state index contributed by atoms with van der Waals surface area (Å²) in [6, 6.07) is 11.2. The van der Waals surface area contributed by atoms with Crippen molar-refractivity contribution in [2.45, 2.75) is 13.0 Å². The first-order chi connectivity index (χ1) is 9.66. The fourth-order valence-corrected chi connectivity index (χ4v) is 1.84. The second-order valence-electron chi connectivity index (χ2n) is 4.36. The molecule has 1 aromatic heterocycles. The first-order valence-electron chi connectivity index (χ1n) is 6.32. The average Bonchev–Trinajstić information content (AvgIpc) is 2.43. The normalized spacial score (nSPS) is 10.2. The number of hydrogen-bond donors (Lipinski definition) is 1. The van der Waals surface area contributed by atoms with Gasteiger partial charge in [0.05, 0.1) is 0 Å². The van der Waals surface area contributed by atoms with Crippen LogP contribution in [-0.4, -0.2) is 17.0 Å². The van der Waals surface area contributed by atoms with Crippen molar-refractivity contribution in [3.63, 3.8) is 0 Å². The maximum atomic E-state index is 13.4. The molecule has 0 aliphatic rings. The summed E-state index contributed by atoms with van der Waals surface area (Å²) in [6.07, 6.45) is 1.97. The largest absolute Gasteiger partial charge is 0.354 e. The fourth-order valence-electron chi connectivity index (χ4n) is 1.84. The summed E-state index contributed by atoms with van der Waals surface area (Å²) < 4.78 is 14.7. The number of halogens is 1. The van der Waals surface area contributed by atoms with Gasteiger partial charge in [0.1, 0.15) is 12.4 Å². The molecule has 1 aromatic carbocycles. The molecule has 0 saturated carbocycles. The maximum absolute atomic E-state index is 13.4. The third kappa shape index (κ3) is 3.78. The zero-order valence-corrected chi connectivity index (χ0v) is 10.9. The predicted octanol–water partition coefficient (Wildman–Crippen LogP) is 1.35. The summed E-state index contributed by atoms with van der Waals surface area (Å²) in [7, 11) is 0. The average molecular weight is 274 g/mol. The van der Waals surface area contributed by atoms with Gasteiger partial charge >= 0.3 is 0 Å². The van der Waals surface area contributed by atoms with E-state index in [4.69, 9.17) is 0 Å². The van der Waals surface area contributed by atoms with Gasteiger partial charge in [-0.3, -0.25) is 9.59 Å². The minimum absolute atomic E-state index is 0.0308. The lowest BCUT2D eigenvalue weighted by Crippen LogP contribution is -2.32. The highest BCUT2D eigenvalue weighted by Crippen LogP contribution is 2.05. The van der Waals surface area contributed by atoms with Gasteiger partial charge in [0.25, 0.3) is 5.56 Å². The van der Waals surface area contributed by atoms with Crippen molar-refractivity contribution in [1.29, 1.82) is 0 Å². The molecule has 1 N–H and O–H groups in total. The van der Waals surface area contributed by atoms with Crippen LogP contribution in [0.25, 0.3) is 0 Å². The van der Waals surface area contributed by atoms with Crippen molar-refractivity contribution in [1.82, 2.24) is 9.88 Å². The topological polar surface area (TPSA) is 51.1 Å². The van der Waals surface area contributed by atoms with Crippen LogP contribution in [-0.2, 0) is 17.8 Å². The van der Waals surface area contributed by atoms with Crippen LogP contribution < -0.4 is 10.9 Å². The standard InChI is InChI=1S/C15H15FN2O2/c16-13-6-2-1-5-12(13)8-9-17-14(19)11-18-10-4-3-7-15(18)20/h1-7,10H,8-9,11H2,(H,17,19). The van der Waals surface area contributed by atoms with E-state index < -0.39 is 0 Å². The van der Waals surface area contributed by atoms with E-state index in [1.165, 1.54) is 16.7 Å². The third-order valence-corrected chi connectivity index (χ3v) is 2.89. The van der Waals surface area contributed by atoms with Crippen LogP contribution in [0.2, 0.25) is 0 Å². The Bertz CT molecular complexity index is 652. The van der Waals surface area contributed by atoms with Gasteiger partial charge in [-0.15, -0.1) is 0 Å². The Kier molecular flexibility index (Phi) is 4.65. The Morgan fingerprint density at radius 2 is 1.90 bits per heavy atom. The van der Waals surface area contributed by atoms with Crippen LogP contribution >= 0.6 is 0 Å². The Balaban J connectivity index is 1.83. The lowest BCUT2D eigenvalue weighted by atomic mass is 10.1. The second-order valence-corrected chi connectivity index (χ2v) is 4.36. The summed E-state index contributed by atoms with van der Waals surface area (Å²) in [5, 5.41) is 2.67. The molecule has 4 nitrogen and oxygen atoms in total. The summed E-state index contributed by atoms with van der Waals surface area (Å²) in [4.78, 5) is 23.1. The van der Waals surface area contributed by atoms with E-state index in [1.54, 1.807) is 36.5 Å². The molecule has 0 atom stereocenters. The number of carbonyl (C=O) groups is 1. The highest BCUT2D eigenvalue weighted by atomic mass is 19.1. The molecule has 0 bridgehead atoms. The zero-order valence-electron chi connectivity index (χ0n) is 10.9. The lowest BCUT2D eigenvalue weighted by molar-refractivity contribution is -0.121. The molecule has 1 amide bonds. The zero-order chi connectivity index (χ0) is 14.4. The molecular weight excluding hydrogens is 259 g/mol. The van der Waals surface area contributed by atoms with Crippen LogP contribution in [0.5, 0.6) is 0 Å². The van der Waals surface area contributed by atoms with Gasteiger partial charge < -0.3 is 9.88 Å². The monoisotopic (exact) mass is 274 g/mol. The lowest BCUT2D eigenvalue weighted by Gasteiger charge is -2.07. The molecule has 20 heavy (non-hydrogen) atoms. The van der Waals surface area contributed by atoms with Gasteiger partial charge in [-0.1, -0.05) is 24.3 Å². The van der Waals surface area contributed by atoms with Gasteiger partial charge in [0.15, 0.2) is 0 Å². The van der Waals surface area contributed by atoms with Crippen molar-refractivity contribution in [2.24, 2.45) is 0 Å².